The molecule has 0 aliphatic rings. The van der Waals surface area contributed by atoms with Gasteiger partial charge in [-0.25, -0.2) is 13.6 Å². The van der Waals surface area contributed by atoms with Crippen molar-refractivity contribution in [3.8, 4) is 0 Å². The summed E-state index contributed by atoms with van der Waals surface area (Å²) >= 11 is 0. The highest BCUT2D eigenvalue weighted by Crippen LogP contribution is 2.15. The van der Waals surface area contributed by atoms with Crippen molar-refractivity contribution in [3.05, 3.63) is 29.8 Å². The van der Waals surface area contributed by atoms with Crippen LogP contribution in [0.4, 0.5) is 0 Å². The van der Waals surface area contributed by atoms with Crippen molar-refractivity contribution in [3.63, 3.8) is 0 Å². The SMILES string of the molecule is CC(NCCCOCCO)c1ccc(S(N)(=O)=O)cc1. The first-order valence-corrected chi connectivity index (χ1v) is 8.04. The Morgan fingerprint density at radius 3 is 2.50 bits per heavy atom. The minimum Gasteiger partial charge on any atom is -0.394 e. The Labute approximate surface area is 120 Å². The van der Waals surface area contributed by atoms with E-state index >= 15 is 0 Å². The van der Waals surface area contributed by atoms with Crippen LogP contribution in [0.2, 0.25) is 0 Å². The third-order valence-corrected chi connectivity index (χ3v) is 3.79. The van der Waals surface area contributed by atoms with Crippen LogP contribution in [0.25, 0.3) is 0 Å². The van der Waals surface area contributed by atoms with E-state index in [1.54, 1.807) is 12.1 Å². The maximum absolute atomic E-state index is 11.1. The molecule has 0 radical (unpaired) electrons. The van der Waals surface area contributed by atoms with Gasteiger partial charge in [-0.15, -0.1) is 0 Å². The maximum atomic E-state index is 11.1. The number of aliphatic hydroxyl groups excluding tert-OH is 1. The molecule has 7 heteroatoms. The van der Waals surface area contributed by atoms with Gasteiger partial charge in [0.25, 0.3) is 0 Å². The lowest BCUT2D eigenvalue weighted by atomic mass is 10.1. The van der Waals surface area contributed by atoms with Crippen molar-refractivity contribution < 1.29 is 18.3 Å². The van der Waals surface area contributed by atoms with Crippen molar-refractivity contribution in [1.82, 2.24) is 5.32 Å². The third kappa shape index (κ3) is 5.98. The number of sulfonamides is 1. The summed E-state index contributed by atoms with van der Waals surface area (Å²) in [6.07, 6.45) is 0.847. The summed E-state index contributed by atoms with van der Waals surface area (Å²) in [6, 6.07) is 6.63. The number of aliphatic hydroxyl groups is 1. The lowest BCUT2D eigenvalue weighted by Crippen LogP contribution is -2.21. The molecule has 4 N–H and O–H groups in total. The predicted molar refractivity (Wildman–Crippen MR) is 76.8 cm³/mol. The number of hydrogen-bond acceptors (Lipinski definition) is 5. The molecule has 114 valence electrons. The van der Waals surface area contributed by atoms with Gasteiger partial charge in [-0.05, 0) is 37.6 Å². The summed E-state index contributed by atoms with van der Waals surface area (Å²) in [5.74, 6) is 0. The second-order valence-electron chi connectivity index (χ2n) is 4.48. The fourth-order valence-corrected chi connectivity index (χ4v) is 2.24. The van der Waals surface area contributed by atoms with Crippen LogP contribution in [0.1, 0.15) is 24.9 Å². The number of nitrogens with one attached hydrogen (secondary N) is 1. The molecule has 0 saturated heterocycles. The van der Waals surface area contributed by atoms with E-state index in [-0.39, 0.29) is 17.5 Å². The Morgan fingerprint density at radius 1 is 1.30 bits per heavy atom. The molecule has 0 aliphatic heterocycles. The highest BCUT2D eigenvalue weighted by atomic mass is 32.2. The lowest BCUT2D eigenvalue weighted by Gasteiger charge is -2.14. The van der Waals surface area contributed by atoms with Crippen LogP contribution in [-0.2, 0) is 14.8 Å². The smallest absolute Gasteiger partial charge is 0.238 e. The minimum absolute atomic E-state index is 0.0419. The van der Waals surface area contributed by atoms with Gasteiger partial charge in [0.05, 0.1) is 18.1 Å². The Bertz CT molecular complexity index is 488. The van der Waals surface area contributed by atoms with Crippen LogP contribution in [0.3, 0.4) is 0 Å². The van der Waals surface area contributed by atoms with E-state index in [2.05, 4.69) is 5.32 Å². The molecule has 20 heavy (non-hydrogen) atoms. The fraction of sp³-hybridized carbons (Fsp3) is 0.538. The zero-order chi connectivity index (χ0) is 15.0. The summed E-state index contributed by atoms with van der Waals surface area (Å²) in [6.45, 7) is 3.79. The van der Waals surface area contributed by atoms with Crippen LogP contribution in [0, 0.1) is 0 Å². The molecule has 6 nitrogen and oxygen atoms in total. The van der Waals surface area contributed by atoms with Crippen LogP contribution < -0.4 is 10.5 Å². The van der Waals surface area contributed by atoms with Crippen molar-refractivity contribution in [2.24, 2.45) is 5.14 Å². The molecule has 0 spiro atoms. The van der Waals surface area contributed by atoms with Crippen molar-refractivity contribution >= 4 is 10.0 Å². The van der Waals surface area contributed by atoms with Crippen molar-refractivity contribution in [1.29, 1.82) is 0 Å². The fourth-order valence-electron chi connectivity index (χ4n) is 1.72. The average molecular weight is 302 g/mol. The summed E-state index contributed by atoms with van der Waals surface area (Å²) in [5, 5.41) is 16.9. The van der Waals surface area contributed by atoms with Gasteiger partial charge in [-0.2, -0.15) is 0 Å². The second-order valence-corrected chi connectivity index (χ2v) is 6.04. The zero-order valence-corrected chi connectivity index (χ0v) is 12.4. The average Bonchev–Trinajstić information content (AvgIpc) is 2.41. The molecule has 0 saturated carbocycles. The van der Waals surface area contributed by atoms with Gasteiger partial charge in [-0.3, -0.25) is 0 Å². The molecule has 1 rings (SSSR count). The van der Waals surface area contributed by atoms with Crippen LogP contribution >= 0.6 is 0 Å². The van der Waals surface area contributed by atoms with Gasteiger partial charge in [0, 0.05) is 12.6 Å². The summed E-state index contributed by atoms with van der Waals surface area (Å²) in [7, 11) is -3.63. The van der Waals surface area contributed by atoms with Gasteiger partial charge in [0.2, 0.25) is 10.0 Å². The normalized spacial score (nSPS) is 13.3. The molecule has 0 aliphatic carbocycles. The predicted octanol–water partition coefficient (Wildman–Crippen LogP) is 0.384. The number of rotatable bonds is 9. The topological polar surface area (TPSA) is 102 Å². The second kappa shape index (κ2) is 8.33. The van der Waals surface area contributed by atoms with E-state index in [0.29, 0.717) is 13.2 Å². The van der Waals surface area contributed by atoms with E-state index in [9.17, 15) is 8.42 Å². The Hall–Kier alpha value is -0.990. The summed E-state index contributed by atoms with van der Waals surface area (Å²) < 4.78 is 27.4. The number of benzene rings is 1. The van der Waals surface area contributed by atoms with Gasteiger partial charge in [-0.1, -0.05) is 12.1 Å². The molecular formula is C13H22N2O4S. The van der Waals surface area contributed by atoms with E-state index in [1.165, 1.54) is 12.1 Å². The van der Waals surface area contributed by atoms with Crippen molar-refractivity contribution in [2.45, 2.75) is 24.3 Å². The number of nitrogens with two attached hydrogens (primary N) is 1. The van der Waals surface area contributed by atoms with E-state index in [4.69, 9.17) is 15.0 Å². The first-order chi connectivity index (χ1) is 9.45. The molecule has 1 atom stereocenters. The molecule has 1 unspecified atom stereocenters. The highest BCUT2D eigenvalue weighted by Gasteiger charge is 2.09. The molecule has 1 aromatic carbocycles. The Kier molecular flexibility index (Phi) is 7.11. The number of ether oxygens (including phenoxy) is 1. The van der Waals surface area contributed by atoms with Gasteiger partial charge < -0.3 is 15.2 Å². The van der Waals surface area contributed by atoms with Gasteiger partial charge >= 0.3 is 0 Å². The summed E-state index contributed by atoms with van der Waals surface area (Å²) in [5.41, 5.74) is 0.994. The van der Waals surface area contributed by atoms with Crippen LogP contribution in [0.5, 0.6) is 0 Å². The third-order valence-electron chi connectivity index (χ3n) is 2.86. The van der Waals surface area contributed by atoms with Crippen LogP contribution in [0.15, 0.2) is 29.2 Å². The highest BCUT2D eigenvalue weighted by molar-refractivity contribution is 7.89. The van der Waals surface area contributed by atoms with Crippen molar-refractivity contribution in [2.75, 3.05) is 26.4 Å². The number of primary sulfonamides is 1. The first kappa shape index (κ1) is 17.1. The largest absolute Gasteiger partial charge is 0.394 e. The first-order valence-electron chi connectivity index (χ1n) is 6.50. The Balaban J connectivity index is 2.38. The molecule has 0 fully saturated rings. The molecule has 0 bridgehead atoms. The van der Waals surface area contributed by atoms with E-state index in [1.807, 2.05) is 6.92 Å². The summed E-state index contributed by atoms with van der Waals surface area (Å²) in [4.78, 5) is 0.117. The van der Waals surface area contributed by atoms with Crippen LogP contribution in [-0.4, -0.2) is 39.9 Å². The zero-order valence-electron chi connectivity index (χ0n) is 11.6. The standard InChI is InChI=1S/C13H22N2O4S/c1-11(15-7-2-9-19-10-8-16)12-3-5-13(6-4-12)20(14,17)18/h3-6,11,15-16H,2,7-10H2,1H3,(H2,14,17,18). The Morgan fingerprint density at radius 2 is 1.95 bits per heavy atom. The van der Waals surface area contributed by atoms with E-state index in [0.717, 1.165) is 18.5 Å². The van der Waals surface area contributed by atoms with Gasteiger partial charge in [0.1, 0.15) is 0 Å². The molecule has 0 amide bonds. The molecular weight excluding hydrogens is 280 g/mol. The monoisotopic (exact) mass is 302 g/mol. The minimum atomic E-state index is -3.63. The lowest BCUT2D eigenvalue weighted by molar-refractivity contribution is 0.0904. The molecule has 0 heterocycles. The maximum Gasteiger partial charge on any atom is 0.238 e. The molecule has 0 aromatic heterocycles. The quantitative estimate of drug-likeness (QED) is 0.573. The van der Waals surface area contributed by atoms with E-state index < -0.39 is 10.0 Å². The molecule has 1 aromatic rings. The van der Waals surface area contributed by atoms with Gasteiger partial charge in [0.15, 0.2) is 0 Å². The number of hydrogen-bond donors (Lipinski definition) is 3.